The molecular weight excluding hydrogens is 314 g/mol. The van der Waals surface area contributed by atoms with Crippen LogP contribution in [-0.2, 0) is 14.3 Å². The van der Waals surface area contributed by atoms with Crippen LogP contribution >= 0.6 is 0 Å². The highest BCUT2D eigenvalue weighted by molar-refractivity contribution is 6.00. The summed E-state index contributed by atoms with van der Waals surface area (Å²) in [5.41, 5.74) is 3.63. The number of Topliss-reactive ketones (excluding diaryl/α,β-unsaturated/α-hetero) is 1. The molecule has 1 aromatic rings. The average Bonchev–Trinajstić information content (AvgIpc) is 2.64. The molecule has 4 nitrogen and oxygen atoms in total. The molecule has 0 radical (unpaired) electrons. The van der Waals surface area contributed by atoms with Crippen molar-refractivity contribution < 1.29 is 14.3 Å². The van der Waals surface area contributed by atoms with E-state index < -0.39 is 11.9 Å². The Balaban J connectivity index is 0.00000151. The number of rotatable bonds is 5. The summed E-state index contributed by atoms with van der Waals surface area (Å²) in [6.07, 6.45) is 2.72. The number of hydrogen-bond donors (Lipinski definition) is 0. The third-order valence-corrected chi connectivity index (χ3v) is 4.77. The molecule has 2 rings (SSSR count). The van der Waals surface area contributed by atoms with Crippen LogP contribution in [0.1, 0.15) is 64.0 Å². The number of methoxy groups -OCH3 is 1. The molecule has 0 spiro atoms. The van der Waals surface area contributed by atoms with Crippen molar-refractivity contribution in [2.45, 2.75) is 59.8 Å². The molecule has 0 bridgehead atoms. The normalized spacial score (nSPS) is 18.2. The van der Waals surface area contributed by atoms with Crippen molar-refractivity contribution in [2.24, 2.45) is 5.92 Å². The maximum Gasteiger partial charge on any atom is 0.318 e. The van der Waals surface area contributed by atoms with E-state index in [4.69, 9.17) is 4.74 Å². The highest BCUT2D eigenvalue weighted by Gasteiger charge is 2.34. The number of esters is 1. The van der Waals surface area contributed by atoms with Crippen LogP contribution in [0.2, 0.25) is 0 Å². The smallest absolute Gasteiger partial charge is 0.318 e. The van der Waals surface area contributed by atoms with E-state index in [0.29, 0.717) is 25.4 Å². The van der Waals surface area contributed by atoms with Gasteiger partial charge in [0.05, 0.1) is 7.11 Å². The summed E-state index contributed by atoms with van der Waals surface area (Å²) in [4.78, 5) is 26.0. The lowest BCUT2D eigenvalue weighted by molar-refractivity contribution is -0.149. The lowest BCUT2D eigenvalue weighted by Crippen LogP contribution is -2.45. The summed E-state index contributed by atoms with van der Waals surface area (Å²) in [7, 11) is 1.34. The van der Waals surface area contributed by atoms with Crippen molar-refractivity contribution in [2.75, 3.05) is 25.1 Å². The molecule has 140 valence electrons. The van der Waals surface area contributed by atoms with E-state index in [9.17, 15) is 9.59 Å². The van der Waals surface area contributed by atoms with Crippen LogP contribution < -0.4 is 4.90 Å². The third kappa shape index (κ3) is 5.32. The molecule has 1 fully saturated rings. The van der Waals surface area contributed by atoms with E-state index in [1.807, 2.05) is 13.8 Å². The van der Waals surface area contributed by atoms with E-state index in [1.165, 1.54) is 18.2 Å². The van der Waals surface area contributed by atoms with Crippen molar-refractivity contribution in [3.63, 3.8) is 0 Å². The molecule has 1 saturated heterocycles. The number of ketones is 1. The number of anilines is 1. The first-order valence-electron chi connectivity index (χ1n) is 9.44. The number of benzene rings is 1. The van der Waals surface area contributed by atoms with E-state index in [-0.39, 0.29) is 5.78 Å². The fraction of sp³-hybridized carbons (Fsp3) is 0.619. The van der Waals surface area contributed by atoms with Crippen LogP contribution in [0.5, 0.6) is 0 Å². The van der Waals surface area contributed by atoms with Crippen molar-refractivity contribution in [1.82, 2.24) is 0 Å². The Morgan fingerprint density at radius 1 is 1.36 bits per heavy atom. The number of hydrogen-bond acceptors (Lipinski definition) is 4. The number of carbonyl (C=O) groups is 2. The molecule has 25 heavy (non-hydrogen) atoms. The molecule has 1 aliphatic heterocycles. The fourth-order valence-electron chi connectivity index (χ4n) is 3.27. The fourth-order valence-corrected chi connectivity index (χ4v) is 3.27. The van der Waals surface area contributed by atoms with Gasteiger partial charge in [-0.25, -0.2) is 0 Å². The maximum atomic E-state index is 12.0. The van der Waals surface area contributed by atoms with Gasteiger partial charge in [-0.05, 0) is 36.5 Å². The van der Waals surface area contributed by atoms with E-state index in [1.54, 1.807) is 0 Å². The molecule has 0 aliphatic carbocycles. The summed E-state index contributed by atoms with van der Waals surface area (Å²) in [5, 5.41) is 0. The molecule has 1 aromatic carbocycles. The summed E-state index contributed by atoms with van der Waals surface area (Å²) in [6.45, 7) is 11.6. The molecule has 2 unspecified atom stereocenters. The van der Waals surface area contributed by atoms with Crippen LogP contribution in [0, 0.1) is 12.8 Å². The molecule has 0 saturated carbocycles. The minimum atomic E-state index is -0.662. The zero-order valence-electron chi connectivity index (χ0n) is 16.6. The minimum absolute atomic E-state index is 0.0127. The van der Waals surface area contributed by atoms with E-state index in [0.717, 1.165) is 18.5 Å². The van der Waals surface area contributed by atoms with Gasteiger partial charge in [-0.3, -0.25) is 9.59 Å². The Labute approximate surface area is 152 Å². The average molecular weight is 347 g/mol. The Hall–Kier alpha value is -1.84. The van der Waals surface area contributed by atoms with Gasteiger partial charge in [-0.1, -0.05) is 46.2 Å². The first-order chi connectivity index (χ1) is 12.0. The molecule has 0 N–H and O–H groups in total. The van der Waals surface area contributed by atoms with Gasteiger partial charge < -0.3 is 9.64 Å². The standard InChI is InChI=1S/C19H27NO3.C2H6/c1-5-6-13(2)15-8-7-14(3)17(11-15)20-10-9-18(21)16(12-20)19(22)23-4;1-2/h7-8,11,13,16H,5-6,9-10,12H2,1-4H3;1-2H3. The number of piperidine rings is 1. The zero-order chi connectivity index (χ0) is 19.0. The van der Waals surface area contributed by atoms with Crippen molar-refractivity contribution in [3.05, 3.63) is 29.3 Å². The summed E-state index contributed by atoms with van der Waals surface area (Å²) < 4.78 is 4.78. The predicted octanol–water partition coefficient (Wildman–Crippen LogP) is 4.49. The van der Waals surface area contributed by atoms with Crippen LogP contribution in [0.4, 0.5) is 5.69 Å². The number of aryl methyl sites for hydroxylation is 1. The van der Waals surface area contributed by atoms with Gasteiger partial charge in [0, 0.05) is 25.2 Å². The number of ether oxygens (including phenoxy) is 1. The number of nitrogens with zero attached hydrogens (tertiary/aromatic N) is 1. The first-order valence-corrected chi connectivity index (χ1v) is 9.44. The van der Waals surface area contributed by atoms with Crippen molar-refractivity contribution >= 4 is 17.4 Å². The molecule has 0 amide bonds. The predicted molar refractivity (Wildman–Crippen MR) is 103 cm³/mol. The minimum Gasteiger partial charge on any atom is -0.468 e. The maximum absolute atomic E-state index is 12.0. The summed E-state index contributed by atoms with van der Waals surface area (Å²) >= 11 is 0. The van der Waals surface area contributed by atoms with Gasteiger partial charge in [0.1, 0.15) is 5.92 Å². The van der Waals surface area contributed by atoms with Crippen LogP contribution in [-0.4, -0.2) is 32.0 Å². The SMILES string of the molecule is CC.CCCC(C)c1ccc(C)c(N2CCC(=O)C(C(=O)OC)C2)c1. The van der Waals surface area contributed by atoms with E-state index >= 15 is 0 Å². The molecule has 2 atom stereocenters. The van der Waals surface area contributed by atoms with Gasteiger partial charge in [-0.2, -0.15) is 0 Å². The molecule has 0 aromatic heterocycles. The molecule has 1 heterocycles. The second kappa shape index (κ2) is 10.2. The number of carbonyl (C=O) groups excluding carboxylic acids is 2. The highest BCUT2D eigenvalue weighted by Crippen LogP contribution is 2.30. The quantitative estimate of drug-likeness (QED) is 0.581. The first kappa shape index (κ1) is 21.2. The van der Waals surface area contributed by atoms with Crippen LogP contribution in [0.3, 0.4) is 0 Å². The molecular formula is C21H33NO3. The monoisotopic (exact) mass is 347 g/mol. The van der Waals surface area contributed by atoms with Gasteiger partial charge in [0.25, 0.3) is 0 Å². The third-order valence-electron chi connectivity index (χ3n) is 4.77. The van der Waals surface area contributed by atoms with Crippen molar-refractivity contribution in [3.8, 4) is 0 Å². The van der Waals surface area contributed by atoms with Crippen molar-refractivity contribution in [1.29, 1.82) is 0 Å². The lowest BCUT2D eigenvalue weighted by atomic mass is 9.92. The summed E-state index contributed by atoms with van der Waals surface area (Å²) in [5.74, 6) is -0.582. The molecule has 1 aliphatic rings. The van der Waals surface area contributed by atoms with Gasteiger partial charge >= 0.3 is 5.97 Å². The Kier molecular flexibility index (Phi) is 8.67. The van der Waals surface area contributed by atoms with E-state index in [2.05, 4.69) is 43.9 Å². The van der Waals surface area contributed by atoms with Gasteiger partial charge in [0.2, 0.25) is 0 Å². The van der Waals surface area contributed by atoms with Crippen LogP contribution in [0.15, 0.2) is 18.2 Å². The van der Waals surface area contributed by atoms with Gasteiger partial charge in [0.15, 0.2) is 5.78 Å². The molecule has 4 heteroatoms. The Morgan fingerprint density at radius 2 is 2.04 bits per heavy atom. The van der Waals surface area contributed by atoms with Crippen LogP contribution in [0.25, 0.3) is 0 Å². The largest absolute Gasteiger partial charge is 0.468 e. The zero-order valence-corrected chi connectivity index (χ0v) is 16.6. The lowest BCUT2D eigenvalue weighted by Gasteiger charge is -2.33. The Bertz CT molecular complexity index is 575. The second-order valence-electron chi connectivity index (χ2n) is 6.47. The summed E-state index contributed by atoms with van der Waals surface area (Å²) in [6, 6.07) is 6.55. The van der Waals surface area contributed by atoms with Gasteiger partial charge in [-0.15, -0.1) is 0 Å². The Morgan fingerprint density at radius 3 is 2.64 bits per heavy atom. The second-order valence-corrected chi connectivity index (χ2v) is 6.47. The highest BCUT2D eigenvalue weighted by atomic mass is 16.5. The topological polar surface area (TPSA) is 46.6 Å².